The number of aliphatic hydroxyl groups is 1. The number of anilines is 1. The van der Waals surface area contributed by atoms with Crippen molar-refractivity contribution in [1.82, 2.24) is 0 Å². The van der Waals surface area contributed by atoms with Crippen molar-refractivity contribution in [1.29, 1.82) is 0 Å². The molecule has 1 rings (SSSR count). The Morgan fingerprint density at radius 2 is 2.15 bits per heavy atom. The fraction of sp³-hybridized carbons (Fsp3) is 0.333. The molecule has 0 saturated carbocycles. The normalized spacial score (nSPS) is 12.8. The average Bonchev–Trinajstić information content (AvgIpc) is 2.16. The van der Waals surface area contributed by atoms with Gasteiger partial charge in [0.15, 0.2) is 0 Å². The van der Waals surface area contributed by atoms with Crippen molar-refractivity contribution in [2.75, 3.05) is 17.4 Å². The maximum atomic E-state index is 9.22. The van der Waals surface area contributed by atoms with Crippen molar-refractivity contribution in [2.24, 2.45) is 0 Å². The van der Waals surface area contributed by atoms with E-state index in [0.29, 0.717) is 5.75 Å². The lowest BCUT2D eigenvalue weighted by Crippen LogP contribution is -2.11. The zero-order valence-electron chi connectivity index (χ0n) is 7.11. The summed E-state index contributed by atoms with van der Waals surface area (Å²) in [7, 11) is 0. The number of hydrogen-bond acceptors (Lipinski definition) is 3. The Balaban J connectivity index is 2.50. The molecule has 4 heteroatoms. The Labute approximate surface area is 87.1 Å². The molecule has 0 aliphatic rings. The molecule has 0 aliphatic heterocycles. The average molecular weight is 218 g/mol. The van der Waals surface area contributed by atoms with E-state index in [0.717, 1.165) is 10.6 Å². The lowest BCUT2D eigenvalue weighted by molar-refractivity contribution is 0.223. The standard InChI is InChI=1S/C9H12ClNOS/c10-5-7(12)6-13-9-4-2-1-3-8(9)11/h1-4,7,12H,5-6,11H2. The van der Waals surface area contributed by atoms with Crippen LogP contribution >= 0.6 is 23.4 Å². The van der Waals surface area contributed by atoms with Crippen LogP contribution in [0.4, 0.5) is 5.69 Å². The molecule has 0 aliphatic carbocycles. The van der Waals surface area contributed by atoms with E-state index >= 15 is 0 Å². The minimum absolute atomic E-state index is 0.264. The molecule has 1 atom stereocenters. The van der Waals surface area contributed by atoms with Gasteiger partial charge in [0.1, 0.15) is 0 Å². The maximum absolute atomic E-state index is 9.22. The molecule has 0 heterocycles. The summed E-state index contributed by atoms with van der Waals surface area (Å²) < 4.78 is 0. The van der Waals surface area contributed by atoms with Crippen molar-refractivity contribution >= 4 is 29.1 Å². The van der Waals surface area contributed by atoms with Gasteiger partial charge in [-0.05, 0) is 12.1 Å². The van der Waals surface area contributed by atoms with Gasteiger partial charge in [-0.25, -0.2) is 0 Å². The Kier molecular flexibility index (Phi) is 4.42. The number of thioether (sulfide) groups is 1. The summed E-state index contributed by atoms with van der Waals surface area (Å²) in [4.78, 5) is 0.992. The van der Waals surface area contributed by atoms with E-state index in [-0.39, 0.29) is 5.88 Å². The highest BCUT2D eigenvalue weighted by Gasteiger charge is 2.04. The van der Waals surface area contributed by atoms with Gasteiger partial charge in [-0.15, -0.1) is 23.4 Å². The quantitative estimate of drug-likeness (QED) is 0.461. The first-order chi connectivity index (χ1) is 6.24. The summed E-state index contributed by atoms with van der Waals surface area (Å²) in [5.41, 5.74) is 6.46. The van der Waals surface area contributed by atoms with Crippen LogP contribution < -0.4 is 5.73 Å². The lowest BCUT2D eigenvalue weighted by Gasteiger charge is -2.07. The molecular formula is C9H12ClNOS. The van der Waals surface area contributed by atoms with Crippen LogP contribution in [0.3, 0.4) is 0 Å². The molecule has 0 bridgehead atoms. The van der Waals surface area contributed by atoms with Crippen molar-refractivity contribution in [3.8, 4) is 0 Å². The molecule has 0 radical (unpaired) electrons. The molecule has 72 valence electrons. The molecule has 0 aromatic heterocycles. The predicted octanol–water partition coefficient (Wildman–Crippen LogP) is 1.96. The molecule has 2 nitrogen and oxygen atoms in total. The summed E-state index contributed by atoms with van der Waals surface area (Å²) in [6.07, 6.45) is -0.466. The van der Waals surface area contributed by atoms with Crippen molar-refractivity contribution in [2.45, 2.75) is 11.0 Å². The first kappa shape index (κ1) is 10.7. The molecule has 1 aromatic carbocycles. The van der Waals surface area contributed by atoms with Crippen LogP contribution in [-0.4, -0.2) is 22.8 Å². The topological polar surface area (TPSA) is 46.2 Å². The van der Waals surface area contributed by atoms with E-state index in [1.807, 2.05) is 24.3 Å². The molecule has 3 N–H and O–H groups in total. The number of halogens is 1. The molecule has 0 spiro atoms. The van der Waals surface area contributed by atoms with Crippen LogP contribution in [0.15, 0.2) is 29.2 Å². The van der Waals surface area contributed by atoms with E-state index in [2.05, 4.69) is 0 Å². The van der Waals surface area contributed by atoms with Gasteiger partial charge in [0.2, 0.25) is 0 Å². The van der Waals surface area contributed by atoms with Crippen LogP contribution in [0, 0.1) is 0 Å². The Hall–Kier alpha value is -0.380. The second-order valence-corrected chi connectivity index (χ2v) is 4.03. The second kappa shape index (κ2) is 5.37. The Bertz CT molecular complexity index is 270. The van der Waals surface area contributed by atoms with Crippen LogP contribution in [0.25, 0.3) is 0 Å². The highest BCUT2D eigenvalue weighted by molar-refractivity contribution is 7.99. The molecular weight excluding hydrogens is 206 g/mol. The van der Waals surface area contributed by atoms with Gasteiger partial charge in [0.05, 0.1) is 6.10 Å². The zero-order valence-corrected chi connectivity index (χ0v) is 8.68. The number of para-hydroxylation sites is 1. The van der Waals surface area contributed by atoms with E-state index in [9.17, 15) is 5.11 Å². The van der Waals surface area contributed by atoms with E-state index in [4.69, 9.17) is 17.3 Å². The monoisotopic (exact) mass is 217 g/mol. The number of benzene rings is 1. The molecule has 0 saturated heterocycles. The summed E-state index contributed by atoms with van der Waals surface area (Å²) in [6, 6.07) is 7.58. The first-order valence-electron chi connectivity index (χ1n) is 3.95. The van der Waals surface area contributed by atoms with Crippen molar-refractivity contribution < 1.29 is 5.11 Å². The fourth-order valence-corrected chi connectivity index (χ4v) is 1.98. The van der Waals surface area contributed by atoms with E-state index in [1.165, 1.54) is 11.8 Å². The number of alkyl halides is 1. The van der Waals surface area contributed by atoms with Gasteiger partial charge in [-0.3, -0.25) is 0 Å². The number of rotatable bonds is 4. The zero-order chi connectivity index (χ0) is 9.68. The third-order valence-electron chi connectivity index (χ3n) is 1.53. The number of aliphatic hydroxyl groups excluding tert-OH is 1. The van der Waals surface area contributed by atoms with Crippen molar-refractivity contribution in [3.05, 3.63) is 24.3 Å². The van der Waals surface area contributed by atoms with Gasteiger partial charge in [0, 0.05) is 22.2 Å². The highest BCUT2D eigenvalue weighted by Crippen LogP contribution is 2.24. The Morgan fingerprint density at radius 3 is 2.77 bits per heavy atom. The summed E-state index contributed by atoms with van der Waals surface area (Å²) >= 11 is 6.98. The number of hydrogen-bond donors (Lipinski definition) is 2. The van der Waals surface area contributed by atoms with Crippen LogP contribution in [0.5, 0.6) is 0 Å². The third kappa shape index (κ3) is 3.46. The SMILES string of the molecule is Nc1ccccc1SCC(O)CCl. The second-order valence-electron chi connectivity index (χ2n) is 2.66. The van der Waals surface area contributed by atoms with Crippen LogP contribution in [0.1, 0.15) is 0 Å². The molecule has 1 aromatic rings. The smallest absolute Gasteiger partial charge is 0.0769 e. The number of nitrogens with two attached hydrogens (primary N) is 1. The maximum Gasteiger partial charge on any atom is 0.0769 e. The van der Waals surface area contributed by atoms with Crippen LogP contribution in [0.2, 0.25) is 0 Å². The minimum Gasteiger partial charge on any atom is -0.398 e. The van der Waals surface area contributed by atoms with Gasteiger partial charge in [-0.1, -0.05) is 12.1 Å². The molecule has 1 unspecified atom stereocenters. The largest absolute Gasteiger partial charge is 0.398 e. The van der Waals surface area contributed by atoms with Crippen molar-refractivity contribution in [3.63, 3.8) is 0 Å². The Morgan fingerprint density at radius 1 is 1.46 bits per heavy atom. The third-order valence-corrected chi connectivity index (χ3v) is 3.12. The first-order valence-corrected chi connectivity index (χ1v) is 5.47. The summed E-state index contributed by atoms with van der Waals surface area (Å²) in [6.45, 7) is 0. The molecule has 13 heavy (non-hydrogen) atoms. The van der Waals surface area contributed by atoms with Crippen LogP contribution in [-0.2, 0) is 0 Å². The summed E-state index contributed by atoms with van der Waals surface area (Å²) in [5.74, 6) is 0.845. The lowest BCUT2D eigenvalue weighted by atomic mass is 10.3. The molecule has 0 fully saturated rings. The van der Waals surface area contributed by atoms with Gasteiger partial charge < -0.3 is 10.8 Å². The fourth-order valence-electron chi connectivity index (χ4n) is 0.842. The highest BCUT2D eigenvalue weighted by atomic mass is 35.5. The van der Waals surface area contributed by atoms with Gasteiger partial charge in [0.25, 0.3) is 0 Å². The molecule has 0 amide bonds. The van der Waals surface area contributed by atoms with Gasteiger partial charge in [-0.2, -0.15) is 0 Å². The van der Waals surface area contributed by atoms with Gasteiger partial charge >= 0.3 is 0 Å². The number of nitrogen functional groups attached to an aromatic ring is 1. The predicted molar refractivity (Wildman–Crippen MR) is 58.3 cm³/mol. The minimum atomic E-state index is -0.466. The van der Waals surface area contributed by atoms with E-state index < -0.39 is 6.10 Å². The summed E-state index contributed by atoms with van der Waals surface area (Å²) in [5, 5.41) is 9.22. The van der Waals surface area contributed by atoms with E-state index in [1.54, 1.807) is 0 Å².